The normalized spacial score (nSPS) is 17.6. The Hall–Kier alpha value is -2.88. The van der Waals surface area contributed by atoms with Crippen molar-refractivity contribution < 1.29 is 5.11 Å². The summed E-state index contributed by atoms with van der Waals surface area (Å²) in [7, 11) is 4.23. The summed E-state index contributed by atoms with van der Waals surface area (Å²) in [6.07, 6.45) is 5.64. The lowest BCUT2D eigenvalue weighted by Gasteiger charge is -2.29. The van der Waals surface area contributed by atoms with Crippen LogP contribution < -0.4 is 10.2 Å². The maximum atomic E-state index is 10.2. The van der Waals surface area contributed by atoms with Crippen LogP contribution in [0.15, 0.2) is 24.4 Å². The molecule has 1 saturated heterocycles. The number of rotatable bonds is 7. The number of aliphatic hydroxyl groups is 1. The highest BCUT2D eigenvalue weighted by atomic mass is 16.3. The zero-order chi connectivity index (χ0) is 24.4. The van der Waals surface area contributed by atoms with E-state index in [1.54, 1.807) is 6.92 Å². The minimum atomic E-state index is -0.640. The molecule has 2 aliphatic rings. The second-order valence-electron chi connectivity index (χ2n) is 9.98. The smallest absolute Gasteiger partial charge is 0.229 e. The van der Waals surface area contributed by atoms with E-state index in [0.29, 0.717) is 11.6 Å². The van der Waals surface area contributed by atoms with Gasteiger partial charge in [-0.25, -0.2) is 19.9 Å². The number of aromatic nitrogens is 4. The molecule has 2 aliphatic heterocycles. The van der Waals surface area contributed by atoms with Crippen LogP contribution in [0, 0.1) is 0 Å². The second-order valence-corrected chi connectivity index (χ2v) is 9.98. The first-order valence-corrected chi connectivity index (χ1v) is 12.7. The molecule has 1 fully saturated rings. The molecule has 0 amide bonds. The van der Waals surface area contributed by atoms with Crippen molar-refractivity contribution in [1.29, 1.82) is 0 Å². The molecule has 9 nitrogen and oxygen atoms in total. The monoisotopic (exact) mass is 476 g/mol. The van der Waals surface area contributed by atoms with Crippen LogP contribution in [0.5, 0.6) is 0 Å². The van der Waals surface area contributed by atoms with Crippen LogP contribution in [0.4, 0.5) is 17.6 Å². The summed E-state index contributed by atoms with van der Waals surface area (Å²) in [4.78, 5) is 26.1. The minimum Gasteiger partial charge on any atom is -0.387 e. The van der Waals surface area contributed by atoms with Gasteiger partial charge in [-0.2, -0.15) is 0 Å². The molecule has 0 radical (unpaired) electrons. The van der Waals surface area contributed by atoms with E-state index in [4.69, 9.17) is 15.0 Å². The van der Waals surface area contributed by atoms with Gasteiger partial charge in [-0.05, 0) is 58.0 Å². The maximum Gasteiger partial charge on any atom is 0.229 e. The average Bonchev–Trinajstić information content (AvgIpc) is 2.87. The fourth-order valence-electron chi connectivity index (χ4n) is 4.83. The first-order valence-electron chi connectivity index (χ1n) is 12.7. The molecule has 3 aromatic rings. The molecule has 0 spiro atoms. The van der Waals surface area contributed by atoms with E-state index in [-0.39, 0.29) is 0 Å². The van der Waals surface area contributed by atoms with Crippen molar-refractivity contribution in [2.75, 3.05) is 57.0 Å². The van der Waals surface area contributed by atoms with Crippen molar-refractivity contribution in [3.8, 4) is 0 Å². The Labute approximate surface area is 207 Å². The molecule has 0 unspecified atom stereocenters. The van der Waals surface area contributed by atoms with Crippen molar-refractivity contribution in [2.45, 2.75) is 45.3 Å². The number of pyridine rings is 2. The van der Waals surface area contributed by atoms with Crippen molar-refractivity contribution in [3.63, 3.8) is 0 Å². The molecule has 35 heavy (non-hydrogen) atoms. The number of nitrogens with zero attached hydrogens (tertiary/aromatic N) is 7. The van der Waals surface area contributed by atoms with Crippen molar-refractivity contribution in [2.24, 2.45) is 0 Å². The Kier molecular flexibility index (Phi) is 7.08. The van der Waals surface area contributed by atoms with Gasteiger partial charge in [0.2, 0.25) is 5.95 Å². The van der Waals surface area contributed by atoms with Gasteiger partial charge in [0.25, 0.3) is 0 Å². The molecule has 2 N–H and O–H groups in total. The summed E-state index contributed by atoms with van der Waals surface area (Å²) in [5.74, 6) is 2.11. The molecule has 1 atom stereocenters. The quantitative estimate of drug-likeness (QED) is 0.533. The van der Waals surface area contributed by atoms with Crippen LogP contribution in [0.1, 0.15) is 49.2 Å². The van der Waals surface area contributed by atoms with Gasteiger partial charge in [-0.15, -0.1) is 0 Å². The van der Waals surface area contributed by atoms with Gasteiger partial charge in [0, 0.05) is 63.0 Å². The van der Waals surface area contributed by atoms with Gasteiger partial charge in [0.15, 0.2) is 5.82 Å². The maximum absolute atomic E-state index is 10.2. The number of aliphatic hydroxyl groups excluding tert-OH is 1. The molecule has 186 valence electrons. The van der Waals surface area contributed by atoms with Gasteiger partial charge in [-0.1, -0.05) is 6.07 Å². The first kappa shape index (κ1) is 23.8. The summed E-state index contributed by atoms with van der Waals surface area (Å²) < 4.78 is 0. The van der Waals surface area contributed by atoms with Crippen molar-refractivity contribution in [3.05, 3.63) is 41.3 Å². The number of anilines is 3. The van der Waals surface area contributed by atoms with Crippen molar-refractivity contribution in [1.82, 2.24) is 29.7 Å². The average molecular weight is 477 g/mol. The number of hydrogen-bond acceptors (Lipinski definition) is 9. The van der Waals surface area contributed by atoms with E-state index in [1.165, 1.54) is 12.0 Å². The van der Waals surface area contributed by atoms with E-state index >= 15 is 0 Å². The van der Waals surface area contributed by atoms with E-state index in [0.717, 1.165) is 86.8 Å². The number of hydrogen-bond donors (Lipinski definition) is 2. The number of piperidine rings is 1. The lowest BCUT2D eigenvalue weighted by Crippen LogP contribution is -2.36. The van der Waals surface area contributed by atoms with Crippen LogP contribution in [-0.4, -0.2) is 81.7 Å². The Morgan fingerprint density at radius 2 is 1.91 bits per heavy atom. The molecular formula is C26H36N8O. The second kappa shape index (κ2) is 10.4. The molecule has 3 aromatic heterocycles. The SMILES string of the molecule is C[C@@H](O)c1cc2cnc(Nc3ccc4c(n3)CCN(CCN(C)C)C4)nc2c(N2CCCCC2)n1. The van der Waals surface area contributed by atoms with Gasteiger partial charge < -0.3 is 20.2 Å². The molecule has 5 heterocycles. The third-order valence-electron chi connectivity index (χ3n) is 6.88. The van der Waals surface area contributed by atoms with Gasteiger partial charge in [0.05, 0.1) is 11.8 Å². The van der Waals surface area contributed by atoms with Gasteiger partial charge in [-0.3, -0.25) is 4.90 Å². The van der Waals surface area contributed by atoms with Gasteiger partial charge >= 0.3 is 0 Å². The molecule has 5 rings (SSSR count). The fraction of sp³-hybridized carbons (Fsp3) is 0.538. The topological polar surface area (TPSA) is 93.5 Å². The Balaban J connectivity index is 1.38. The van der Waals surface area contributed by atoms with Crippen LogP contribution in [0.25, 0.3) is 10.9 Å². The third kappa shape index (κ3) is 5.52. The fourth-order valence-corrected chi connectivity index (χ4v) is 4.83. The highest BCUT2D eigenvalue weighted by molar-refractivity contribution is 5.89. The first-order chi connectivity index (χ1) is 17.0. The van der Waals surface area contributed by atoms with Crippen LogP contribution in [0.2, 0.25) is 0 Å². The molecular weight excluding hydrogens is 440 g/mol. The third-order valence-corrected chi connectivity index (χ3v) is 6.88. The number of fused-ring (bicyclic) bond motifs is 2. The van der Waals surface area contributed by atoms with Crippen LogP contribution >= 0.6 is 0 Å². The summed E-state index contributed by atoms with van der Waals surface area (Å²) >= 11 is 0. The lowest BCUT2D eigenvalue weighted by atomic mass is 10.1. The predicted molar refractivity (Wildman–Crippen MR) is 139 cm³/mol. The molecule has 0 saturated carbocycles. The zero-order valence-corrected chi connectivity index (χ0v) is 21.0. The number of likely N-dealkylation sites (N-methyl/N-ethyl adjacent to an activating group) is 1. The Morgan fingerprint density at radius 1 is 1.09 bits per heavy atom. The van der Waals surface area contributed by atoms with Crippen molar-refractivity contribution >= 4 is 28.5 Å². The Bertz CT molecular complexity index is 1180. The zero-order valence-electron chi connectivity index (χ0n) is 21.0. The summed E-state index contributed by atoms with van der Waals surface area (Å²) in [6, 6.07) is 6.07. The summed E-state index contributed by atoms with van der Waals surface area (Å²) in [5.41, 5.74) is 3.90. The highest BCUT2D eigenvalue weighted by Gasteiger charge is 2.20. The number of nitrogens with one attached hydrogen (secondary N) is 1. The van der Waals surface area contributed by atoms with Gasteiger partial charge in [0.1, 0.15) is 11.3 Å². The highest BCUT2D eigenvalue weighted by Crippen LogP contribution is 2.29. The van der Waals surface area contributed by atoms with Crippen LogP contribution in [0.3, 0.4) is 0 Å². The molecule has 9 heteroatoms. The largest absolute Gasteiger partial charge is 0.387 e. The predicted octanol–water partition coefficient (Wildman–Crippen LogP) is 3.13. The molecule has 0 aliphatic carbocycles. The Morgan fingerprint density at radius 3 is 2.69 bits per heavy atom. The summed E-state index contributed by atoms with van der Waals surface area (Å²) in [6.45, 7) is 7.76. The van der Waals surface area contributed by atoms with Crippen LogP contribution in [-0.2, 0) is 13.0 Å². The minimum absolute atomic E-state index is 0.512. The van der Waals surface area contributed by atoms with E-state index in [2.05, 4.69) is 45.2 Å². The summed E-state index contributed by atoms with van der Waals surface area (Å²) in [5, 5.41) is 14.4. The van der Waals surface area contributed by atoms with E-state index < -0.39 is 6.10 Å². The van der Waals surface area contributed by atoms with E-state index in [9.17, 15) is 5.11 Å². The molecule has 0 bridgehead atoms. The standard InChI is InChI=1S/C26H36N8O/c1-18(35)22-15-20-16-27-26(31-24(20)25(29-22)34-10-5-4-6-11-34)30-23-8-7-19-17-33(14-13-32(2)3)12-9-21(19)28-23/h7-8,15-16,18,35H,4-6,9-14,17H2,1-3H3,(H,27,28,30,31)/t18-/m1/s1. The molecule has 0 aromatic carbocycles. The lowest BCUT2D eigenvalue weighted by molar-refractivity contribution is 0.194. The van der Waals surface area contributed by atoms with E-state index in [1.807, 2.05) is 18.3 Å².